The van der Waals surface area contributed by atoms with Crippen LogP contribution in [0.25, 0.3) is 0 Å². The van der Waals surface area contributed by atoms with Crippen molar-refractivity contribution in [3.63, 3.8) is 0 Å². The highest BCUT2D eigenvalue weighted by atomic mass is 16.2. The van der Waals surface area contributed by atoms with E-state index in [9.17, 15) is 4.79 Å². The monoisotopic (exact) mass is 364 g/mol. The third-order valence-corrected chi connectivity index (χ3v) is 5.60. The van der Waals surface area contributed by atoms with Gasteiger partial charge in [-0.1, -0.05) is 12.1 Å². The van der Waals surface area contributed by atoms with Crippen molar-refractivity contribution in [1.82, 2.24) is 5.32 Å². The number of aryl methyl sites for hydroxylation is 1. The molecule has 5 nitrogen and oxygen atoms in total. The van der Waals surface area contributed by atoms with Crippen molar-refractivity contribution in [1.29, 1.82) is 0 Å². The van der Waals surface area contributed by atoms with Crippen molar-refractivity contribution < 1.29 is 4.79 Å². The number of nitrogens with one attached hydrogen (secondary N) is 2. The molecule has 2 fully saturated rings. The molecule has 2 aromatic rings. The normalized spacial score (nSPS) is 17.0. The second-order valence-corrected chi connectivity index (χ2v) is 7.61. The fourth-order valence-corrected chi connectivity index (χ4v) is 3.62. The highest BCUT2D eigenvalue weighted by Gasteiger charge is 2.23. The molecule has 1 saturated heterocycles. The summed E-state index contributed by atoms with van der Waals surface area (Å²) >= 11 is 0. The topological polar surface area (TPSA) is 47.6 Å². The molecule has 1 saturated carbocycles. The number of urea groups is 1. The third kappa shape index (κ3) is 4.18. The maximum atomic E-state index is 11.8. The lowest BCUT2D eigenvalue weighted by Gasteiger charge is -2.38. The molecule has 1 heterocycles. The summed E-state index contributed by atoms with van der Waals surface area (Å²) in [6.45, 7) is 8.44. The van der Waals surface area contributed by atoms with Gasteiger partial charge in [-0.3, -0.25) is 0 Å². The Morgan fingerprint density at radius 2 is 1.59 bits per heavy atom. The molecule has 0 radical (unpaired) electrons. The van der Waals surface area contributed by atoms with Crippen LogP contribution in [-0.4, -0.2) is 38.3 Å². The third-order valence-electron chi connectivity index (χ3n) is 5.60. The molecule has 5 heteroatoms. The van der Waals surface area contributed by atoms with Crippen LogP contribution in [0.3, 0.4) is 0 Å². The largest absolute Gasteiger partial charge is 0.368 e. The van der Waals surface area contributed by atoms with Crippen LogP contribution in [0.5, 0.6) is 0 Å². The van der Waals surface area contributed by atoms with Gasteiger partial charge in [0.1, 0.15) is 0 Å². The molecular weight excluding hydrogens is 336 g/mol. The van der Waals surface area contributed by atoms with Crippen LogP contribution in [0, 0.1) is 13.8 Å². The molecule has 0 bridgehead atoms. The van der Waals surface area contributed by atoms with E-state index in [1.54, 1.807) is 0 Å². The van der Waals surface area contributed by atoms with Crippen molar-refractivity contribution in [3.05, 3.63) is 53.6 Å². The summed E-state index contributed by atoms with van der Waals surface area (Å²) in [5, 5.41) is 5.85. The summed E-state index contributed by atoms with van der Waals surface area (Å²) in [7, 11) is 0. The smallest absolute Gasteiger partial charge is 0.319 e. The van der Waals surface area contributed by atoms with Crippen molar-refractivity contribution in [2.45, 2.75) is 32.7 Å². The maximum Gasteiger partial charge on any atom is 0.319 e. The first kappa shape index (κ1) is 17.7. The van der Waals surface area contributed by atoms with Gasteiger partial charge in [0.15, 0.2) is 0 Å². The van der Waals surface area contributed by atoms with E-state index in [0.29, 0.717) is 6.04 Å². The molecule has 1 aliphatic carbocycles. The van der Waals surface area contributed by atoms with Crippen LogP contribution in [0.15, 0.2) is 42.5 Å². The number of amides is 2. The quantitative estimate of drug-likeness (QED) is 0.865. The van der Waals surface area contributed by atoms with Gasteiger partial charge in [0.2, 0.25) is 0 Å². The number of benzene rings is 2. The first-order valence-electron chi connectivity index (χ1n) is 9.84. The number of piperazine rings is 1. The number of hydrogen-bond acceptors (Lipinski definition) is 3. The Bertz CT molecular complexity index is 806. The predicted octanol–water partition coefficient (Wildman–Crippen LogP) is 3.91. The predicted molar refractivity (Wildman–Crippen MR) is 112 cm³/mol. The minimum absolute atomic E-state index is 0.104. The lowest BCUT2D eigenvalue weighted by Crippen LogP contribution is -2.46. The fraction of sp³-hybridized carbons (Fsp3) is 0.409. The second-order valence-electron chi connectivity index (χ2n) is 7.61. The molecule has 2 aromatic carbocycles. The molecule has 2 amide bonds. The first-order valence-corrected chi connectivity index (χ1v) is 9.84. The highest BCUT2D eigenvalue weighted by Crippen LogP contribution is 2.26. The molecule has 142 valence electrons. The Labute approximate surface area is 161 Å². The zero-order valence-corrected chi connectivity index (χ0v) is 16.2. The van der Waals surface area contributed by atoms with Crippen molar-refractivity contribution >= 4 is 23.1 Å². The van der Waals surface area contributed by atoms with Gasteiger partial charge in [0.05, 0.1) is 0 Å². The molecule has 4 rings (SSSR count). The van der Waals surface area contributed by atoms with Crippen molar-refractivity contribution in [3.8, 4) is 0 Å². The SMILES string of the molecule is Cc1cccc(N2CCN(c3ccc(NC(=O)NC4CC4)cc3)CC2)c1C. The fourth-order valence-electron chi connectivity index (χ4n) is 3.62. The summed E-state index contributed by atoms with van der Waals surface area (Å²) < 4.78 is 0. The summed E-state index contributed by atoms with van der Waals surface area (Å²) in [4.78, 5) is 16.7. The number of carbonyl (C=O) groups is 1. The van der Waals surface area contributed by atoms with E-state index < -0.39 is 0 Å². The molecular formula is C22H28N4O. The lowest BCUT2D eigenvalue weighted by atomic mass is 10.1. The summed E-state index contributed by atoms with van der Waals surface area (Å²) in [5.41, 5.74) is 6.14. The lowest BCUT2D eigenvalue weighted by molar-refractivity contribution is 0.251. The first-order chi connectivity index (χ1) is 13.1. The van der Waals surface area contributed by atoms with Crippen LogP contribution < -0.4 is 20.4 Å². The minimum atomic E-state index is -0.104. The van der Waals surface area contributed by atoms with Crippen LogP contribution in [0.1, 0.15) is 24.0 Å². The molecule has 0 aromatic heterocycles. The van der Waals surface area contributed by atoms with Crippen LogP contribution in [0.2, 0.25) is 0 Å². The van der Waals surface area contributed by atoms with Crippen molar-refractivity contribution in [2.75, 3.05) is 41.3 Å². The van der Waals surface area contributed by atoms with E-state index in [-0.39, 0.29) is 6.03 Å². The van der Waals surface area contributed by atoms with E-state index in [2.05, 4.69) is 64.6 Å². The summed E-state index contributed by atoms with van der Waals surface area (Å²) in [6, 6.07) is 15.0. The molecule has 1 aliphatic heterocycles. The number of rotatable bonds is 4. The molecule has 0 spiro atoms. The zero-order chi connectivity index (χ0) is 18.8. The van der Waals surface area contributed by atoms with Gasteiger partial charge < -0.3 is 20.4 Å². The van der Waals surface area contributed by atoms with E-state index in [1.807, 2.05) is 12.1 Å². The van der Waals surface area contributed by atoms with E-state index >= 15 is 0 Å². The van der Waals surface area contributed by atoms with Gasteiger partial charge in [-0.15, -0.1) is 0 Å². The van der Waals surface area contributed by atoms with Crippen LogP contribution in [0.4, 0.5) is 21.9 Å². The average molecular weight is 364 g/mol. The molecule has 0 unspecified atom stereocenters. The maximum absolute atomic E-state index is 11.8. The van der Waals surface area contributed by atoms with Gasteiger partial charge in [0.25, 0.3) is 0 Å². The Hall–Kier alpha value is -2.69. The highest BCUT2D eigenvalue weighted by molar-refractivity contribution is 5.89. The Kier molecular flexibility index (Phi) is 4.92. The van der Waals surface area contributed by atoms with Crippen molar-refractivity contribution in [2.24, 2.45) is 0 Å². The number of nitrogens with zero attached hydrogens (tertiary/aromatic N) is 2. The second kappa shape index (κ2) is 7.51. The van der Waals surface area contributed by atoms with E-state index in [0.717, 1.165) is 44.7 Å². The zero-order valence-electron chi connectivity index (χ0n) is 16.2. The Balaban J connectivity index is 1.33. The molecule has 27 heavy (non-hydrogen) atoms. The minimum Gasteiger partial charge on any atom is -0.368 e. The van der Waals surface area contributed by atoms with E-state index in [1.165, 1.54) is 22.5 Å². The number of anilines is 3. The Morgan fingerprint density at radius 3 is 2.26 bits per heavy atom. The van der Waals surface area contributed by atoms with Gasteiger partial charge in [-0.25, -0.2) is 4.79 Å². The van der Waals surface area contributed by atoms with Gasteiger partial charge in [0, 0.05) is 49.3 Å². The average Bonchev–Trinajstić information content (AvgIpc) is 3.49. The summed E-state index contributed by atoms with van der Waals surface area (Å²) in [5.74, 6) is 0. The number of carbonyl (C=O) groups excluding carboxylic acids is 1. The molecule has 0 atom stereocenters. The van der Waals surface area contributed by atoms with Gasteiger partial charge in [-0.05, 0) is 68.1 Å². The van der Waals surface area contributed by atoms with Crippen LogP contribution in [-0.2, 0) is 0 Å². The van der Waals surface area contributed by atoms with Crippen LogP contribution >= 0.6 is 0 Å². The van der Waals surface area contributed by atoms with Gasteiger partial charge >= 0.3 is 6.03 Å². The summed E-state index contributed by atoms with van der Waals surface area (Å²) in [6.07, 6.45) is 2.20. The molecule has 2 N–H and O–H groups in total. The van der Waals surface area contributed by atoms with Gasteiger partial charge in [-0.2, -0.15) is 0 Å². The molecule has 2 aliphatic rings. The standard InChI is InChI=1S/C22H28N4O/c1-16-4-3-5-21(17(16)2)26-14-12-25(13-15-26)20-10-8-19(9-11-20)24-22(27)23-18-6-7-18/h3-5,8-11,18H,6-7,12-15H2,1-2H3,(H2,23,24,27). The Morgan fingerprint density at radius 1 is 0.926 bits per heavy atom. The number of hydrogen-bond donors (Lipinski definition) is 2. The van der Waals surface area contributed by atoms with E-state index in [4.69, 9.17) is 0 Å².